The van der Waals surface area contributed by atoms with E-state index in [4.69, 9.17) is 49.9 Å². The van der Waals surface area contributed by atoms with Crippen molar-refractivity contribution in [1.82, 2.24) is 49.0 Å². The number of aliphatic imine (C=N–C) groups is 2. The van der Waals surface area contributed by atoms with Gasteiger partial charge >= 0.3 is 5.91 Å². The molecule has 13 heterocycles. The molecule has 21 rings (SSSR count). The molecule has 0 fully saturated rings. The highest BCUT2D eigenvalue weighted by molar-refractivity contribution is 6.20. The highest BCUT2D eigenvalue weighted by Crippen LogP contribution is 2.53. The third-order valence-electron chi connectivity index (χ3n) is 16.8. The van der Waals surface area contributed by atoms with Crippen LogP contribution in [0.25, 0.3) is 111 Å². The van der Waals surface area contributed by atoms with Gasteiger partial charge in [0.05, 0.1) is 22.3 Å². The second-order valence-electron chi connectivity index (χ2n) is 34.8. The molecule has 16 heteroatoms. The number of hydrogen-bond acceptors (Lipinski definition) is 10. The maximum absolute atomic E-state index is 5.42. The van der Waals surface area contributed by atoms with E-state index in [1.165, 1.54) is 0 Å². The number of fused-ring (bicyclic) bond motifs is 32. The van der Waals surface area contributed by atoms with Gasteiger partial charge in [0.25, 0.3) is 23.3 Å². The summed E-state index contributed by atoms with van der Waals surface area (Å²) in [4.78, 5) is 58.4. The summed E-state index contributed by atoms with van der Waals surface area (Å²) in [6.07, 6.45) is 0. The van der Waals surface area contributed by atoms with Gasteiger partial charge in [0, 0.05) is 65.3 Å². The number of nitrogens with one attached hydrogen (secondary N) is 2. The normalized spacial score (nSPS) is 13.5. The van der Waals surface area contributed by atoms with E-state index in [-0.39, 0.29) is 0 Å². The van der Waals surface area contributed by atoms with Gasteiger partial charge in [0.1, 0.15) is 22.6 Å². The van der Waals surface area contributed by atoms with Gasteiger partial charge in [-0.25, -0.2) is 29.9 Å². The summed E-state index contributed by atoms with van der Waals surface area (Å²) >= 11 is 0. The molecule has 16 nitrogen and oxygen atoms in total. The average molecular weight is 1500 g/mol. The molecule has 8 aliphatic rings. The van der Waals surface area contributed by atoms with Crippen molar-refractivity contribution in [2.45, 2.75) is 172 Å². The summed E-state index contributed by atoms with van der Waals surface area (Å²) in [6.45, 7) is 52.0. The monoisotopic (exact) mass is 1500 g/mol. The molecule has 0 radical (unpaired) electrons. The number of benzene rings is 8. The minimum atomic E-state index is -0.923. The molecule has 113 heavy (non-hydrogen) atoms. The van der Waals surface area contributed by atoms with Crippen LogP contribution in [0.2, 0.25) is 0 Å². The zero-order valence-corrected chi connectivity index (χ0v) is 70.9. The molecule has 0 atom stereocenters. The number of aromatic nitrogens is 10. The Morgan fingerprint density at radius 2 is 0.451 bits per heavy atom. The summed E-state index contributed by atoms with van der Waals surface area (Å²) in [7, 11) is 0. The van der Waals surface area contributed by atoms with Gasteiger partial charge < -0.3 is 9.97 Å². The van der Waals surface area contributed by atoms with E-state index >= 15 is 0 Å². The van der Waals surface area contributed by atoms with Crippen LogP contribution in [-0.4, -0.2) is 81.5 Å². The number of aromatic amines is 2. The van der Waals surface area contributed by atoms with Crippen LogP contribution >= 0.6 is 0 Å². The van der Waals surface area contributed by atoms with Crippen molar-refractivity contribution in [2.75, 3.05) is 0 Å². The molecule has 8 aliphatic heterocycles. The lowest BCUT2D eigenvalue weighted by atomic mass is 10.1. The maximum atomic E-state index is 5.42. The lowest BCUT2D eigenvalue weighted by molar-refractivity contribution is -0.790. The van der Waals surface area contributed by atoms with Crippen molar-refractivity contribution in [2.24, 2.45) is 67.3 Å². The Bertz CT molecular complexity index is 5570. The van der Waals surface area contributed by atoms with Crippen LogP contribution in [0.3, 0.4) is 0 Å². The van der Waals surface area contributed by atoms with Crippen LogP contribution in [0.4, 0.5) is 11.6 Å². The predicted octanol–water partition coefficient (Wildman–Crippen LogP) is 23.9. The first-order chi connectivity index (χ1) is 54.0. The summed E-state index contributed by atoms with van der Waals surface area (Å²) in [5.41, 5.74) is 12.6. The summed E-state index contributed by atoms with van der Waals surface area (Å²) in [6, 6.07) is 66.2. The maximum Gasteiger partial charge on any atom is 0.404 e. The first-order valence-electron chi connectivity index (χ1n) is 40.6. The third kappa shape index (κ3) is 16.3. The van der Waals surface area contributed by atoms with Gasteiger partial charge in [-0.05, 0) is 95.9 Å². The highest BCUT2D eigenvalue weighted by atomic mass is 15.7. The van der Waals surface area contributed by atoms with Gasteiger partial charge in [0.2, 0.25) is 22.6 Å². The second kappa shape index (κ2) is 34.2. The smallest absolute Gasteiger partial charge is 0.324 e. The van der Waals surface area contributed by atoms with Gasteiger partial charge in [-0.1, -0.05) is 332 Å². The van der Waals surface area contributed by atoms with Crippen LogP contribution in [0.15, 0.2) is 214 Å². The van der Waals surface area contributed by atoms with E-state index in [1.54, 1.807) is 0 Å². The zero-order chi connectivity index (χ0) is 81.0. The highest BCUT2D eigenvalue weighted by Gasteiger charge is 2.69. The summed E-state index contributed by atoms with van der Waals surface area (Å²) in [5, 5.41) is 8.15. The van der Waals surface area contributed by atoms with Crippen LogP contribution in [0, 0.1) is 47.3 Å². The number of nitrogens with zero attached hydrogens (tertiary/aromatic N) is 14. The number of hydrogen-bond donors (Lipinski definition) is 2. The second-order valence-corrected chi connectivity index (χ2v) is 34.8. The van der Waals surface area contributed by atoms with Crippen LogP contribution in [0.1, 0.15) is 188 Å². The van der Waals surface area contributed by atoms with Crippen molar-refractivity contribution in [3.8, 4) is 45.6 Å². The lowest BCUT2D eigenvalue weighted by Gasteiger charge is -2.40. The van der Waals surface area contributed by atoms with E-state index in [0.29, 0.717) is 45.9 Å². The molecule has 580 valence electrons. The molecule has 0 saturated carbocycles. The van der Waals surface area contributed by atoms with Gasteiger partial charge in [-0.3, -0.25) is 0 Å². The Morgan fingerprint density at radius 3 is 0.708 bits per heavy atom. The molecule has 8 aromatic carbocycles. The largest absolute Gasteiger partial charge is 0.404 e. The van der Waals surface area contributed by atoms with E-state index in [1.807, 2.05) is 97.1 Å². The Morgan fingerprint density at radius 1 is 0.239 bits per heavy atom. The first kappa shape index (κ1) is 81.0. The molecule has 0 unspecified atom stereocenters. The molecule has 0 saturated heterocycles. The summed E-state index contributed by atoms with van der Waals surface area (Å²) in [5.74, 6) is 13.5. The quantitative estimate of drug-likeness (QED) is 0.143. The van der Waals surface area contributed by atoms with E-state index in [2.05, 4.69) is 291 Å². The Labute approximate surface area is 667 Å². The van der Waals surface area contributed by atoms with Crippen LogP contribution in [0.5, 0.6) is 0 Å². The fourth-order valence-electron chi connectivity index (χ4n) is 13.5. The number of amidine groups is 4. The molecular formula is C97H114N16+2. The van der Waals surface area contributed by atoms with E-state index in [0.717, 1.165) is 181 Å². The molecule has 8 bridgehead atoms. The fraction of sp³-hybridized carbons (Fsp3) is 0.340. The number of H-pyrrole nitrogens is 2. The molecule has 2 N–H and O–H groups in total. The van der Waals surface area contributed by atoms with E-state index < -0.39 is 5.91 Å². The Kier molecular flexibility index (Phi) is 24.5. The minimum absolute atomic E-state index is 0.597. The topological polar surface area (TPSA) is 174 Å². The number of rotatable bonds is 0. The molecule has 1 spiro atoms. The van der Waals surface area contributed by atoms with Crippen molar-refractivity contribution in [3.05, 3.63) is 227 Å². The van der Waals surface area contributed by atoms with Gasteiger partial charge in [0.15, 0.2) is 23.3 Å². The van der Waals surface area contributed by atoms with Crippen LogP contribution in [-0.2, 0) is 5.91 Å². The molecule has 0 aliphatic carbocycles. The molecule has 0 amide bonds. The molecule has 5 aromatic heterocycles. The van der Waals surface area contributed by atoms with Crippen molar-refractivity contribution < 1.29 is 9.15 Å². The minimum Gasteiger partial charge on any atom is -0.324 e. The van der Waals surface area contributed by atoms with Crippen molar-refractivity contribution in [1.29, 1.82) is 0 Å². The zero-order valence-electron chi connectivity index (χ0n) is 70.9. The van der Waals surface area contributed by atoms with Crippen molar-refractivity contribution in [3.63, 3.8) is 0 Å². The Hall–Kier alpha value is -11.5. The third-order valence-corrected chi connectivity index (χ3v) is 16.8. The Balaban J connectivity index is 0.000000153. The van der Waals surface area contributed by atoms with E-state index in [9.17, 15) is 0 Å². The SMILES string of the molecule is CC(C)C.CC(C)C.CC(C)C.CC(C)C.CC(C)C.CC(C)C.CC(C)C.CC(C)C.c1ccc2c(c1)-c1nc-2nc2[nH]c(nc3nc(nc4[nH]c(n1)c1ccccc41)-c1ccccc1-3)c1ccccc21.c1ccc2c(c1)C1=Nc3c4ccccc4c4n3C35n6c(c7ccccc7c6=NC6=[N+]3C(=N4)c3ccccc36)=NC2=[N+]15. The molecular weight excluding hydrogens is 1390 g/mol. The lowest BCUT2D eigenvalue weighted by Crippen LogP contribution is -2.71. The summed E-state index contributed by atoms with van der Waals surface area (Å²) < 4.78 is 9.32. The first-order valence-corrected chi connectivity index (χ1v) is 40.6. The van der Waals surface area contributed by atoms with Gasteiger partial charge in [-0.2, -0.15) is 9.13 Å². The van der Waals surface area contributed by atoms with Crippen molar-refractivity contribution >= 4 is 101 Å². The molecule has 13 aromatic rings. The average Bonchev–Trinajstić information content (AvgIpc) is 1.49. The van der Waals surface area contributed by atoms with Crippen LogP contribution < -0.4 is 11.0 Å². The standard InChI is InChI=1S/C33H16N8.C32H18N8.8C4H10/c1-2-10-18-17(9-1)25-34-27-19-11-3-4-12-20(19)29-36-31-23-15-7-8-16-24(23)32-37-30-22-14-6-5-13-21(22)28-35-26(18)38(25)33(39(27)29,40(28)30)41(31)32;1-2-10-18-17(9-1)25-33-26(18)38-28-21-13-5-6-14-22(21)30(35-28)40-32-24-16-8-7-15-23(24)31(36-32)39-29-20-12-4-3-11-19(20)27(34-29)37-25;8*1-4(2)3/h1-16H;1-16H,(H2,33,34,35,36,37,38,39,40);8*4H,1-3H3/q+2;;;;;;;;;. The van der Waals surface area contributed by atoms with Gasteiger partial charge in [-0.15, -0.1) is 9.15 Å². The predicted molar refractivity (Wildman–Crippen MR) is 474 cm³/mol. The fourth-order valence-corrected chi connectivity index (χ4v) is 13.5.